The second-order valence-corrected chi connectivity index (χ2v) is 6.77. The van der Waals surface area contributed by atoms with E-state index in [0.29, 0.717) is 5.92 Å². The van der Waals surface area contributed by atoms with Crippen molar-refractivity contribution in [3.63, 3.8) is 0 Å². The fourth-order valence-electron chi connectivity index (χ4n) is 3.17. The molecular formula is C15H26N2O2. The van der Waals surface area contributed by atoms with Gasteiger partial charge < -0.3 is 19.8 Å². The molecule has 1 aliphatic rings. The van der Waals surface area contributed by atoms with Gasteiger partial charge in [-0.25, -0.2) is 0 Å². The van der Waals surface area contributed by atoms with Crippen LogP contribution in [-0.4, -0.2) is 35.7 Å². The van der Waals surface area contributed by atoms with E-state index in [0.717, 1.165) is 13.1 Å². The normalized spacial score (nSPS) is 29.0. The highest BCUT2D eigenvalue weighted by atomic mass is 16.5. The lowest BCUT2D eigenvalue weighted by molar-refractivity contribution is -0.0782. The molecule has 19 heavy (non-hydrogen) atoms. The van der Waals surface area contributed by atoms with Crippen molar-refractivity contribution in [3.8, 4) is 0 Å². The third-order valence-electron chi connectivity index (χ3n) is 4.20. The third kappa shape index (κ3) is 3.02. The number of ether oxygens (including phenoxy) is 1. The minimum atomic E-state index is -0.259. The van der Waals surface area contributed by atoms with E-state index >= 15 is 0 Å². The van der Waals surface area contributed by atoms with Gasteiger partial charge in [-0.2, -0.15) is 0 Å². The van der Waals surface area contributed by atoms with Crippen LogP contribution in [0.3, 0.4) is 0 Å². The Morgan fingerprint density at radius 3 is 2.42 bits per heavy atom. The molecule has 0 amide bonds. The Labute approximate surface area is 115 Å². The molecule has 2 heterocycles. The average molecular weight is 266 g/mol. The van der Waals surface area contributed by atoms with Crippen molar-refractivity contribution >= 4 is 0 Å². The number of nitrogens with zero attached hydrogens (tertiary/aromatic N) is 1. The first-order chi connectivity index (χ1) is 8.72. The SMILES string of the molecule is CN(Cc1ccoc1)CC1C(N)C(C)(C)OC1(C)C. The Balaban J connectivity index is 2.01. The molecule has 2 rings (SSSR count). The van der Waals surface area contributed by atoms with Crippen LogP contribution in [0.25, 0.3) is 0 Å². The van der Waals surface area contributed by atoms with Crippen molar-refractivity contribution in [2.75, 3.05) is 13.6 Å². The Kier molecular flexibility index (Phi) is 3.78. The summed E-state index contributed by atoms with van der Waals surface area (Å²) in [6.07, 6.45) is 3.50. The van der Waals surface area contributed by atoms with Gasteiger partial charge in [0.25, 0.3) is 0 Å². The summed E-state index contributed by atoms with van der Waals surface area (Å²) in [5, 5.41) is 0. The monoisotopic (exact) mass is 266 g/mol. The number of hydrogen-bond donors (Lipinski definition) is 1. The van der Waals surface area contributed by atoms with Gasteiger partial charge in [0.2, 0.25) is 0 Å². The molecule has 1 aromatic rings. The van der Waals surface area contributed by atoms with Crippen molar-refractivity contribution in [1.82, 2.24) is 4.90 Å². The molecule has 2 unspecified atom stereocenters. The summed E-state index contributed by atoms with van der Waals surface area (Å²) >= 11 is 0. The van der Waals surface area contributed by atoms with Crippen LogP contribution in [-0.2, 0) is 11.3 Å². The minimum Gasteiger partial charge on any atom is -0.472 e. The quantitative estimate of drug-likeness (QED) is 0.908. The number of furan rings is 1. The largest absolute Gasteiger partial charge is 0.472 e. The molecule has 2 N–H and O–H groups in total. The van der Waals surface area contributed by atoms with Crippen molar-refractivity contribution in [1.29, 1.82) is 0 Å². The zero-order valence-electron chi connectivity index (χ0n) is 12.6. The van der Waals surface area contributed by atoms with Crippen LogP contribution >= 0.6 is 0 Å². The van der Waals surface area contributed by atoms with Crippen LogP contribution in [0.2, 0.25) is 0 Å². The second-order valence-electron chi connectivity index (χ2n) is 6.77. The van der Waals surface area contributed by atoms with Crippen LogP contribution in [0.5, 0.6) is 0 Å². The summed E-state index contributed by atoms with van der Waals surface area (Å²) in [7, 11) is 2.11. The highest BCUT2D eigenvalue weighted by Crippen LogP contribution is 2.41. The van der Waals surface area contributed by atoms with E-state index in [1.807, 2.05) is 6.07 Å². The topological polar surface area (TPSA) is 51.6 Å². The molecule has 1 fully saturated rings. The van der Waals surface area contributed by atoms with Crippen molar-refractivity contribution in [3.05, 3.63) is 24.2 Å². The Morgan fingerprint density at radius 1 is 1.26 bits per heavy atom. The lowest BCUT2D eigenvalue weighted by atomic mass is 9.83. The highest BCUT2D eigenvalue weighted by Gasteiger charge is 2.52. The van der Waals surface area contributed by atoms with Crippen molar-refractivity contribution in [2.45, 2.75) is 51.5 Å². The third-order valence-corrected chi connectivity index (χ3v) is 4.20. The molecule has 2 atom stereocenters. The van der Waals surface area contributed by atoms with E-state index < -0.39 is 0 Å². The number of nitrogens with two attached hydrogens (primary N) is 1. The standard InChI is InChI=1S/C15H26N2O2/c1-14(2)12(13(16)15(3,4)19-14)9-17(5)8-11-6-7-18-10-11/h6-7,10,12-13H,8-9,16H2,1-5H3. The van der Waals surface area contributed by atoms with Crippen LogP contribution in [0.15, 0.2) is 23.0 Å². The fraction of sp³-hybridized carbons (Fsp3) is 0.733. The van der Waals surface area contributed by atoms with Gasteiger partial charge in [-0.05, 0) is 40.8 Å². The van der Waals surface area contributed by atoms with Gasteiger partial charge in [-0.1, -0.05) is 0 Å². The van der Waals surface area contributed by atoms with Gasteiger partial charge in [0, 0.05) is 30.6 Å². The molecule has 0 spiro atoms. The van der Waals surface area contributed by atoms with Gasteiger partial charge in [-0.3, -0.25) is 0 Å². The molecule has 0 aliphatic carbocycles. The van der Waals surface area contributed by atoms with Crippen molar-refractivity contribution < 1.29 is 9.15 Å². The van der Waals surface area contributed by atoms with Gasteiger partial charge in [0.05, 0.1) is 23.7 Å². The molecule has 4 nitrogen and oxygen atoms in total. The molecule has 1 aromatic heterocycles. The molecule has 1 saturated heterocycles. The Bertz CT molecular complexity index is 412. The molecular weight excluding hydrogens is 240 g/mol. The van der Waals surface area contributed by atoms with E-state index in [9.17, 15) is 0 Å². The maximum absolute atomic E-state index is 6.38. The fourth-order valence-corrected chi connectivity index (χ4v) is 3.17. The van der Waals surface area contributed by atoms with Gasteiger partial charge >= 0.3 is 0 Å². The summed E-state index contributed by atoms with van der Waals surface area (Å²) in [5.41, 5.74) is 7.12. The van der Waals surface area contributed by atoms with E-state index in [1.165, 1.54) is 5.56 Å². The van der Waals surface area contributed by atoms with Crippen molar-refractivity contribution in [2.24, 2.45) is 11.7 Å². The Hall–Kier alpha value is -0.840. The van der Waals surface area contributed by atoms with E-state index in [4.69, 9.17) is 14.9 Å². The van der Waals surface area contributed by atoms with Gasteiger partial charge in [0.15, 0.2) is 0 Å². The maximum Gasteiger partial charge on any atom is 0.0947 e. The first kappa shape index (κ1) is 14.6. The highest BCUT2D eigenvalue weighted by molar-refractivity contribution is 5.07. The zero-order valence-corrected chi connectivity index (χ0v) is 12.6. The van der Waals surface area contributed by atoms with Crippen LogP contribution in [0.4, 0.5) is 0 Å². The van der Waals surface area contributed by atoms with Gasteiger partial charge in [0.1, 0.15) is 0 Å². The predicted molar refractivity (Wildman–Crippen MR) is 75.8 cm³/mol. The summed E-state index contributed by atoms with van der Waals surface area (Å²) in [6, 6.07) is 2.05. The lowest BCUT2D eigenvalue weighted by Gasteiger charge is -2.31. The van der Waals surface area contributed by atoms with Crippen LogP contribution in [0, 0.1) is 5.92 Å². The summed E-state index contributed by atoms with van der Waals surface area (Å²) < 4.78 is 11.2. The molecule has 108 valence electrons. The molecule has 1 aliphatic heterocycles. The predicted octanol–water partition coefficient (Wildman–Crippen LogP) is 2.24. The summed E-state index contributed by atoms with van der Waals surface area (Å²) in [5.74, 6) is 0.319. The first-order valence-corrected chi connectivity index (χ1v) is 6.88. The van der Waals surface area contributed by atoms with Crippen LogP contribution in [0.1, 0.15) is 33.3 Å². The summed E-state index contributed by atoms with van der Waals surface area (Å²) in [6.45, 7) is 10.2. The van der Waals surface area contributed by atoms with Gasteiger partial charge in [-0.15, -0.1) is 0 Å². The van der Waals surface area contributed by atoms with E-state index in [1.54, 1.807) is 12.5 Å². The molecule has 0 saturated carbocycles. The smallest absolute Gasteiger partial charge is 0.0947 e. The average Bonchev–Trinajstić information content (AvgIpc) is 2.80. The lowest BCUT2D eigenvalue weighted by Crippen LogP contribution is -2.47. The van der Waals surface area contributed by atoms with E-state index in [2.05, 4.69) is 39.6 Å². The van der Waals surface area contributed by atoms with Crippen LogP contribution < -0.4 is 5.73 Å². The Morgan fingerprint density at radius 2 is 1.95 bits per heavy atom. The molecule has 0 bridgehead atoms. The maximum atomic E-state index is 6.38. The zero-order chi connectivity index (χ0) is 14.3. The molecule has 0 aromatic carbocycles. The summed E-state index contributed by atoms with van der Waals surface area (Å²) in [4.78, 5) is 2.28. The minimum absolute atomic E-state index is 0.0503. The number of hydrogen-bond acceptors (Lipinski definition) is 4. The molecule has 0 radical (unpaired) electrons. The van der Waals surface area contributed by atoms with E-state index in [-0.39, 0.29) is 17.2 Å². The molecule has 4 heteroatoms. The second kappa shape index (κ2) is 4.93. The number of rotatable bonds is 4. The first-order valence-electron chi connectivity index (χ1n) is 6.88.